The monoisotopic (exact) mass is 631 g/mol. The number of aromatic amines is 1. The molecule has 0 radical (unpaired) electrons. The number of carbonyl (C=O) groups is 2. The number of nitrogens with zero attached hydrogens (tertiary/aromatic N) is 1. The average Bonchev–Trinajstić information content (AvgIpc) is 3.10. The van der Waals surface area contributed by atoms with E-state index in [0.29, 0.717) is 0 Å². The summed E-state index contributed by atoms with van der Waals surface area (Å²) in [5.74, 6) is -0.284. The molecule has 1 aromatic rings. The molecular formula is C23H36ClFN3O8PS2. The zero-order valence-electron chi connectivity index (χ0n) is 22.9. The van der Waals surface area contributed by atoms with Crippen molar-refractivity contribution in [3.63, 3.8) is 0 Å². The van der Waals surface area contributed by atoms with Crippen molar-refractivity contribution in [3.8, 4) is 0 Å². The van der Waals surface area contributed by atoms with Gasteiger partial charge in [0.25, 0.3) is 12.2 Å². The van der Waals surface area contributed by atoms with E-state index in [1.54, 1.807) is 34.6 Å². The molecule has 1 fully saturated rings. The fourth-order valence-corrected chi connectivity index (χ4v) is 6.90. The number of alkyl halides is 2. The number of nitrogens with one attached hydrogen (secondary N) is 2. The average molecular weight is 632 g/mol. The van der Waals surface area contributed by atoms with Crippen molar-refractivity contribution in [1.29, 1.82) is 0 Å². The van der Waals surface area contributed by atoms with Gasteiger partial charge in [-0.25, -0.2) is 14.3 Å². The molecule has 0 aromatic carbocycles. The number of rotatable bonds is 12. The van der Waals surface area contributed by atoms with Crippen LogP contribution < -0.4 is 16.3 Å². The van der Waals surface area contributed by atoms with Crippen LogP contribution in [0.2, 0.25) is 0 Å². The predicted molar refractivity (Wildman–Crippen MR) is 151 cm³/mol. The first-order chi connectivity index (χ1) is 17.8. The van der Waals surface area contributed by atoms with Crippen LogP contribution in [0, 0.1) is 12.3 Å². The molecule has 1 aliphatic heterocycles. The Balaban J connectivity index is 2.13. The molecule has 11 nitrogen and oxygen atoms in total. The predicted octanol–water partition coefficient (Wildman–Crippen LogP) is 3.53. The summed E-state index contributed by atoms with van der Waals surface area (Å²) in [6.07, 6.45) is -2.03. The molecule has 2 N–H and O–H groups in total. The molecule has 0 saturated carbocycles. The fourth-order valence-electron chi connectivity index (χ4n) is 3.29. The highest BCUT2D eigenvalue weighted by molar-refractivity contribution is 8.13. The molecule has 2 rings (SSSR count). The van der Waals surface area contributed by atoms with Gasteiger partial charge in [-0.05, 0) is 39.5 Å². The third-order valence-electron chi connectivity index (χ3n) is 5.26. The van der Waals surface area contributed by atoms with Gasteiger partial charge in [0.1, 0.15) is 6.04 Å². The maximum atomic E-state index is 15.3. The largest absolute Gasteiger partial charge is 0.462 e. The lowest BCUT2D eigenvalue weighted by atomic mass is 10.00. The Kier molecular flexibility index (Phi) is 12.0. The molecule has 0 bridgehead atoms. The normalized spacial score (nSPS) is 23.9. The van der Waals surface area contributed by atoms with Crippen LogP contribution in [0.15, 0.2) is 15.8 Å². The lowest BCUT2D eigenvalue weighted by Gasteiger charge is -2.27. The minimum Gasteiger partial charge on any atom is -0.462 e. The first-order valence-electron chi connectivity index (χ1n) is 12.2. The zero-order chi connectivity index (χ0) is 29.8. The van der Waals surface area contributed by atoms with Gasteiger partial charge in [-0.1, -0.05) is 44.1 Å². The maximum Gasteiger partial charge on any atom is 0.330 e. The van der Waals surface area contributed by atoms with Gasteiger partial charge in [0, 0.05) is 29.3 Å². The van der Waals surface area contributed by atoms with Gasteiger partial charge in [0.15, 0.2) is 11.3 Å². The maximum absolute atomic E-state index is 15.3. The molecule has 2 heterocycles. The third kappa shape index (κ3) is 10.0. The molecule has 39 heavy (non-hydrogen) atoms. The highest BCUT2D eigenvalue weighted by Crippen LogP contribution is 2.48. The first-order valence-corrected chi connectivity index (χ1v) is 16.2. The summed E-state index contributed by atoms with van der Waals surface area (Å²) in [6, 6.07) is -0.893. The number of carbonyl (C=O) groups excluding carboxylic acids is 2. The van der Waals surface area contributed by atoms with Crippen molar-refractivity contribution in [2.24, 2.45) is 5.41 Å². The van der Waals surface area contributed by atoms with Gasteiger partial charge in [0.05, 0.1) is 25.4 Å². The Morgan fingerprint density at radius 3 is 2.59 bits per heavy atom. The first kappa shape index (κ1) is 34.1. The molecule has 1 aromatic heterocycles. The number of H-pyrrole nitrogens is 1. The second-order valence-corrected chi connectivity index (χ2v) is 15.3. The summed E-state index contributed by atoms with van der Waals surface area (Å²) in [4.78, 5) is 50.6. The van der Waals surface area contributed by atoms with Gasteiger partial charge in [-0.3, -0.25) is 23.9 Å². The lowest BCUT2D eigenvalue weighted by Crippen LogP contribution is -2.38. The molecule has 0 aliphatic carbocycles. The van der Waals surface area contributed by atoms with Crippen LogP contribution in [-0.2, 0) is 39.9 Å². The van der Waals surface area contributed by atoms with Crippen LogP contribution in [0.25, 0.3) is 0 Å². The minimum absolute atomic E-state index is 0.0262. The molecule has 1 unspecified atom stereocenters. The topological polar surface area (TPSA) is 138 Å². The zero-order valence-corrected chi connectivity index (χ0v) is 26.2. The minimum atomic E-state index is -3.39. The quantitative estimate of drug-likeness (QED) is 0.152. The number of aryl methyl sites for hydroxylation is 1. The van der Waals surface area contributed by atoms with Gasteiger partial charge < -0.3 is 18.5 Å². The van der Waals surface area contributed by atoms with E-state index in [4.69, 9.17) is 41.9 Å². The van der Waals surface area contributed by atoms with Gasteiger partial charge in [-0.2, -0.15) is 0 Å². The second kappa shape index (κ2) is 13.7. The van der Waals surface area contributed by atoms with Crippen LogP contribution >= 0.6 is 30.0 Å². The van der Waals surface area contributed by atoms with Crippen molar-refractivity contribution >= 4 is 52.9 Å². The highest BCUT2D eigenvalue weighted by atomic mass is 35.5. The smallest absolute Gasteiger partial charge is 0.330 e. The van der Waals surface area contributed by atoms with Crippen molar-refractivity contribution in [3.05, 3.63) is 32.6 Å². The van der Waals surface area contributed by atoms with Crippen molar-refractivity contribution in [2.75, 3.05) is 19.0 Å². The number of halogens is 2. The molecular weight excluding hydrogens is 596 g/mol. The molecule has 0 amide bonds. The number of hydrogen-bond acceptors (Lipinski definition) is 10. The second-order valence-electron chi connectivity index (χ2n) is 10.4. The number of thioether (sulfide) groups is 1. The van der Waals surface area contributed by atoms with Crippen molar-refractivity contribution < 1.29 is 32.5 Å². The summed E-state index contributed by atoms with van der Waals surface area (Å²) < 4.78 is 38.7. The number of ether oxygens (including phenoxy) is 2. The van der Waals surface area contributed by atoms with E-state index < -0.39 is 52.8 Å². The Bertz CT molecular complexity index is 1200. The molecule has 5 atom stereocenters. The third-order valence-corrected chi connectivity index (χ3v) is 9.51. The SMILES string of the molecule is Cc1cn([C@@H]2O[C@H](COP(=S)(N[C@@H](C)C(=O)OC(C)C)OCCSC(=O)C(C)(C)C)C[C@@]2(F)Cl)c(=O)[nH]c1=O. The van der Waals surface area contributed by atoms with E-state index in [2.05, 4.69) is 10.1 Å². The van der Waals surface area contributed by atoms with E-state index in [-0.39, 0.29) is 42.2 Å². The molecule has 222 valence electrons. The lowest BCUT2D eigenvalue weighted by molar-refractivity contribution is -0.149. The van der Waals surface area contributed by atoms with E-state index in [0.717, 1.165) is 16.3 Å². The van der Waals surface area contributed by atoms with E-state index in [1.165, 1.54) is 20.0 Å². The standard InChI is InChI=1S/C23H36ClFN3O8PS2/c1-13(2)35-18(30)15(4)27-37(38,33-8-9-39-20(31)22(5,6)7)34-12-16-10-23(24,25)19(36-16)28-11-14(3)17(29)26-21(28)32/h11,13,15-16,19H,8-10,12H2,1-7H3,(H,27,38)(H,26,29,32)/t15-,16-,19+,23-,37?/m0/s1. The van der Waals surface area contributed by atoms with Crippen LogP contribution in [0.3, 0.4) is 0 Å². The summed E-state index contributed by atoms with van der Waals surface area (Å²) in [6.45, 7) is 8.18. The Labute approximate surface area is 241 Å². The molecule has 0 spiro atoms. The van der Waals surface area contributed by atoms with Crippen LogP contribution in [0.4, 0.5) is 4.39 Å². The van der Waals surface area contributed by atoms with Crippen LogP contribution in [0.5, 0.6) is 0 Å². The number of aromatic nitrogens is 2. The molecule has 1 saturated heterocycles. The fraction of sp³-hybridized carbons (Fsp3) is 0.739. The van der Waals surface area contributed by atoms with Crippen LogP contribution in [-0.4, -0.2) is 63.0 Å². The Hall–Kier alpha value is -1.12. The Morgan fingerprint density at radius 2 is 2.00 bits per heavy atom. The van der Waals surface area contributed by atoms with E-state index >= 15 is 4.39 Å². The summed E-state index contributed by atoms with van der Waals surface area (Å²) in [7, 11) is 0. The highest BCUT2D eigenvalue weighted by Gasteiger charge is 2.50. The van der Waals surface area contributed by atoms with Gasteiger partial charge in [0.2, 0.25) is 5.13 Å². The van der Waals surface area contributed by atoms with Gasteiger partial charge >= 0.3 is 11.7 Å². The Morgan fingerprint density at radius 1 is 1.36 bits per heavy atom. The van der Waals surface area contributed by atoms with E-state index in [1.807, 2.05) is 0 Å². The van der Waals surface area contributed by atoms with Gasteiger partial charge in [-0.15, -0.1) is 0 Å². The van der Waals surface area contributed by atoms with Crippen molar-refractivity contribution in [2.45, 2.75) is 84.5 Å². The number of esters is 1. The summed E-state index contributed by atoms with van der Waals surface area (Å²) >= 11 is 12.8. The summed E-state index contributed by atoms with van der Waals surface area (Å²) in [5, 5.41) is 0.348. The molecule has 1 aliphatic rings. The van der Waals surface area contributed by atoms with Crippen molar-refractivity contribution in [1.82, 2.24) is 14.6 Å². The van der Waals surface area contributed by atoms with E-state index in [9.17, 15) is 19.2 Å². The summed E-state index contributed by atoms with van der Waals surface area (Å²) in [5.41, 5.74) is -1.85. The van der Waals surface area contributed by atoms with Crippen LogP contribution in [0.1, 0.15) is 59.8 Å². The number of hydrogen-bond donors (Lipinski definition) is 2. The molecule has 16 heteroatoms.